The molecule has 24 heavy (non-hydrogen) atoms. The van der Waals surface area contributed by atoms with E-state index in [1.165, 1.54) is 12.1 Å². The van der Waals surface area contributed by atoms with E-state index in [1.54, 1.807) is 24.4 Å². The molecule has 4 rings (SSSR count). The van der Waals surface area contributed by atoms with Gasteiger partial charge in [-0.25, -0.2) is 17.5 Å². The number of aliphatic hydroxyl groups excluding tert-OH is 1. The second kappa shape index (κ2) is 5.41. The molecule has 5 nitrogen and oxygen atoms in total. The summed E-state index contributed by atoms with van der Waals surface area (Å²) in [6, 6.07) is 9.22. The molecule has 0 radical (unpaired) electrons. The molecule has 1 aromatic heterocycles. The molecule has 0 bridgehead atoms. The third kappa shape index (κ3) is 2.32. The summed E-state index contributed by atoms with van der Waals surface area (Å²) in [7, 11) is -3.53. The summed E-state index contributed by atoms with van der Waals surface area (Å²) in [4.78, 5) is 3.28. The van der Waals surface area contributed by atoms with Crippen LogP contribution in [0.5, 0.6) is 0 Å². The molecule has 0 amide bonds. The minimum atomic E-state index is -3.53. The first-order valence-electron chi connectivity index (χ1n) is 7.54. The Balaban J connectivity index is 1.87. The van der Waals surface area contributed by atoms with Crippen molar-refractivity contribution >= 4 is 20.9 Å². The maximum atomic E-state index is 13.3. The number of aliphatic hydroxyl groups is 1. The zero-order chi connectivity index (χ0) is 16.9. The largest absolute Gasteiger partial charge is 0.396 e. The summed E-state index contributed by atoms with van der Waals surface area (Å²) < 4.78 is 40.2. The van der Waals surface area contributed by atoms with Crippen LogP contribution >= 0.6 is 0 Å². The van der Waals surface area contributed by atoms with Crippen LogP contribution in [0.15, 0.2) is 47.5 Å². The average Bonchev–Trinajstić information content (AvgIpc) is 3.06. The van der Waals surface area contributed by atoms with Crippen molar-refractivity contribution in [3.8, 4) is 11.1 Å². The highest BCUT2D eigenvalue weighted by Gasteiger charge is 2.33. The number of nitrogens with one attached hydrogen (secondary N) is 2. The molecule has 2 heterocycles. The van der Waals surface area contributed by atoms with E-state index in [2.05, 4.69) is 9.71 Å². The predicted molar refractivity (Wildman–Crippen MR) is 88.5 cm³/mol. The second-order valence-corrected chi connectivity index (χ2v) is 7.51. The Hall–Kier alpha value is -2.22. The lowest BCUT2D eigenvalue weighted by Gasteiger charge is -2.09. The van der Waals surface area contributed by atoms with Crippen molar-refractivity contribution in [1.82, 2.24) is 9.71 Å². The molecule has 0 spiro atoms. The number of halogens is 1. The molecular formula is C17H15FN2O3S. The summed E-state index contributed by atoms with van der Waals surface area (Å²) in [5.41, 5.74) is 3.05. The molecule has 124 valence electrons. The summed E-state index contributed by atoms with van der Waals surface area (Å²) in [5.74, 6) is -0.317. The van der Waals surface area contributed by atoms with Crippen LogP contribution in [0.4, 0.5) is 4.39 Å². The Morgan fingerprint density at radius 2 is 2.00 bits per heavy atom. The Morgan fingerprint density at radius 3 is 2.79 bits per heavy atom. The number of hydrogen-bond acceptors (Lipinski definition) is 3. The summed E-state index contributed by atoms with van der Waals surface area (Å²) >= 11 is 0. The summed E-state index contributed by atoms with van der Waals surface area (Å²) in [5, 5.41) is 10.0. The van der Waals surface area contributed by atoms with Crippen molar-refractivity contribution in [2.24, 2.45) is 0 Å². The molecule has 3 N–H and O–H groups in total. The number of rotatable bonds is 3. The van der Waals surface area contributed by atoms with Crippen LogP contribution in [0.3, 0.4) is 0 Å². The Morgan fingerprint density at radius 1 is 1.17 bits per heavy atom. The highest BCUT2D eigenvalue weighted by Crippen LogP contribution is 2.37. The standard InChI is InChI=1S/C17H15FN2O3S/c18-11-2-3-12-14(9-19-16(12)8-11)10-1-4-17-13(7-10)15(5-6-21)20-24(17,22)23/h1-4,7-9,15,19-21H,5-6H2. The van der Waals surface area contributed by atoms with Crippen molar-refractivity contribution in [1.29, 1.82) is 0 Å². The zero-order valence-electron chi connectivity index (χ0n) is 12.6. The third-order valence-corrected chi connectivity index (χ3v) is 5.89. The number of fused-ring (bicyclic) bond motifs is 2. The molecule has 1 atom stereocenters. The van der Waals surface area contributed by atoms with Gasteiger partial charge in [-0.05, 0) is 47.9 Å². The van der Waals surface area contributed by atoms with E-state index in [4.69, 9.17) is 5.11 Å². The van der Waals surface area contributed by atoms with Crippen LogP contribution < -0.4 is 4.72 Å². The van der Waals surface area contributed by atoms with Crippen LogP contribution in [0, 0.1) is 5.82 Å². The number of aromatic amines is 1. The molecule has 2 aromatic carbocycles. The Labute approximate surface area is 138 Å². The fraction of sp³-hybridized carbons (Fsp3) is 0.176. The van der Waals surface area contributed by atoms with Gasteiger partial charge in [-0.15, -0.1) is 0 Å². The van der Waals surface area contributed by atoms with Gasteiger partial charge in [-0.1, -0.05) is 6.07 Å². The van der Waals surface area contributed by atoms with Gasteiger partial charge in [-0.2, -0.15) is 0 Å². The molecule has 0 aliphatic carbocycles. The number of aromatic nitrogens is 1. The van der Waals surface area contributed by atoms with E-state index in [1.807, 2.05) is 6.07 Å². The summed E-state index contributed by atoms with van der Waals surface area (Å²) in [6.07, 6.45) is 2.10. The van der Waals surface area contributed by atoms with Crippen molar-refractivity contribution < 1.29 is 17.9 Å². The lowest BCUT2D eigenvalue weighted by Crippen LogP contribution is -2.20. The first-order chi connectivity index (χ1) is 11.5. The molecular weight excluding hydrogens is 331 g/mol. The monoisotopic (exact) mass is 346 g/mol. The number of hydrogen-bond donors (Lipinski definition) is 3. The SMILES string of the molecule is O=S1(=O)NC(CCO)c2cc(-c3c[nH]c4cc(F)ccc34)ccc21. The smallest absolute Gasteiger partial charge is 0.241 e. The molecule has 1 aliphatic heterocycles. The fourth-order valence-corrected chi connectivity index (χ4v) is 4.73. The van der Waals surface area contributed by atoms with Crippen LogP contribution in [-0.2, 0) is 10.0 Å². The average molecular weight is 346 g/mol. The molecule has 0 fully saturated rings. The Bertz CT molecular complexity index is 1040. The molecule has 1 unspecified atom stereocenters. The Kier molecular flexibility index (Phi) is 3.45. The van der Waals surface area contributed by atoms with Gasteiger partial charge in [0.1, 0.15) is 5.82 Å². The maximum Gasteiger partial charge on any atom is 0.241 e. The van der Waals surface area contributed by atoms with Crippen LogP contribution in [0.25, 0.3) is 22.0 Å². The van der Waals surface area contributed by atoms with Gasteiger partial charge in [-0.3, -0.25) is 0 Å². The van der Waals surface area contributed by atoms with E-state index in [9.17, 15) is 12.8 Å². The van der Waals surface area contributed by atoms with Crippen LogP contribution in [0.1, 0.15) is 18.0 Å². The van der Waals surface area contributed by atoms with Crippen LogP contribution in [-0.4, -0.2) is 25.1 Å². The number of sulfonamides is 1. The highest BCUT2D eigenvalue weighted by atomic mass is 32.2. The summed E-state index contributed by atoms with van der Waals surface area (Å²) in [6.45, 7) is -0.108. The first-order valence-corrected chi connectivity index (χ1v) is 9.02. The molecule has 3 aromatic rings. The van der Waals surface area contributed by atoms with Crippen molar-refractivity contribution in [2.45, 2.75) is 17.4 Å². The van der Waals surface area contributed by atoms with Crippen molar-refractivity contribution in [3.05, 3.63) is 54.0 Å². The zero-order valence-corrected chi connectivity index (χ0v) is 13.4. The van der Waals surface area contributed by atoms with Gasteiger partial charge in [0.15, 0.2) is 0 Å². The highest BCUT2D eigenvalue weighted by molar-refractivity contribution is 7.89. The minimum absolute atomic E-state index is 0.108. The lowest BCUT2D eigenvalue weighted by molar-refractivity contribution is 0.273. The molecule has 0 saturated heterocycles. The van der Waals surface area contributed by atoms with Gasteiger partial charge in [0.2, 0.25) is 10.0 Å². The third-order valence-electron chi connectivity index (χ3n) is 4.34. The number of benzene rings is 2. The molecule has 7 heteroatoms. The molecule has 1 aliphatic rings. The van der Waals surface area contributed by atoms with E-state index in [-0.39, 0.29) is 17.3 Å². The quantitative estimate of drug-likeness (QED) is 0.682. The van der Waals surface area contributed by atoms with E-state index in [0.29, 0.717) is 17.5 Å². The van der Waals surface area contributed by atoms with Crippen molar-refractivity contribution in [2.75, 3.05) is 6.61 Å². The predicted octanol–water partition coefficient (Wildman–Crippen LogP) is 2.69. The topological polar surface area (TPSA) is 82.2 Å². The molecule has 0 saturated carbocycles. The van der Waals surface area contributed by atoms with Gasteiger partial charge >= 0.3 is 0 Å². The second-order valence-electron chi connectivity index (χ2n) is 5.83. The first kappa shape index (κ1) is 15.3. The number of H-pyrrole nitrogens is 1. The minimum Gasteiger partial charge on any atom is -0.396 e. The van der Waals surface area contributed by atoms with Crippen LogP contribution in [0.2, 0.25) is 0 Å². The van der Waals surface area contributed by atoms with Gasteiger partial charge in [0.25, 0.3) is 0 Å². The van der Waals surface area contributed by atoms with E-state index in [0.717, 1.165) is 16.5 Å². The van der Waals surface area contributed by atoms with E-state index < -0.39 is 16.1 Å². The van der Waals surface area contributed by atoms with E-state index >= 15 is 0 Å². The normalized spacial score (nSPS) is 18.8. The maximum absolute atomic E-state index is 13.3. The van der Waals surface area contributed by atoms with Gasteiger partial charge in [0, 0.05) is 29.3 Å². The van der Waals surface area contributed by atoms with Crippen molar-refractivity contribution in [3.63, 3.8) is 0 Å². The van der Waals surface area contributed by atoms with Gasteiger partial charge < -0.3 is 10.1 Å². The fourth-order valence-electron chi connectivity index (χ4n) is 3.23. The van der Waals surface area contributed by atoms with Gasteiger partial charge in [0.05, 0.1) is 10.9 Å². The lowest BCUT2D eigenvalue weighted by atomic mass is 9.98.